The first-order chi connectivity index (χ1) is 27.9. The Kier molecular flexibility index (Phi) is 5.71. The van der Waals surface area contributed by atoms with Crippen molar-refractivity contribution < 1.29 is 14.3 Å². The van der Waals surface area contributed by atoms with Crippen molar-refractivity contribution in [3.05, 3.63) is 188 Å². The number of benzene rings is 9. The van der Waals surface area contributed by atoms with E-state index in [1.165, 1.54) is 5.39 Å². The first kappa shape index (κ1) is 25.8. The van der Waals surface area contributed by atoms with Crippen LogP contribution in [0.25, 0.3) is 87.7 Å². The molecule has 2 heterocycles. The van der Waals surface area contributed by atoms with E-state index in [0.717, 1.165) is 54.4 Å². The van der Waals surface area contributed by atoms with Gasteiger partial charge in [0, 0.05) is 38.5 Å². The molecule has 248 valence electrons. The Hall–Kier alpha value is -7.10. The molecule has 0 aliphatic heterocycles. The van der Waals surface area contributed by atoms with E-state index in [0.29, 0.717) is 33.7 Å². The summed E-state index contributed by atoms with van der Waals surface area (Å²) in [5.74, 6) is 0. The fraction of sp³-hybridized carbons (Fsp3) is 0. The van der Waals surface area contributed by atoms with Crippen LogP contribution in [0.5, 0.6) is 0 Å². The molecule has 0 amide bonds. The lowest BCUT2D eigenvalue weighted by Crippen LogP contribution is -2.10. The second-order valence-corrected chi connectivity index (χ2v) is 13.4. The maximum Gasteiger partial charge on any atom is 0.143 e. The van der Waals surface area contributed by atoms with Crippen molar-refractivity contribution >= 4 is 82.5 Å². The molecule has 0 bridgehead atoms. The second kappa shape index (κ2) is 11.7. The molecule has 0 unspecified atom stereocenters. The molecule has 0 aliphatic carbocycles. The molecule has 0 N–H and O–H groups in total. The number of rotatable bonds is 5. The average Bonchev–Trinajstić information content (AvgIpc) is 3.84. The Morgan fingerprint density at radius 3 is 1.92 bits per heavy atom. The number of hydrogen-bond acceptors (Lipinski definition) is 3. The molecule has 3 nitrogen and oxygen atoms in total. The van der Waals surface area contributed by atoms with Crippen LogP contribution in [-0.2, 0) is 0 Å². The average molecular weight is 682 g/mol. The van der Waals surface area contributed by atoms with Crippen LogP contribution >= 0.6 is 0 Å². The normalized spacial score (nSPS) is 12.8. The molecule has 11 aromatic rings. The van der Waals surface area contributed by atoms with Gasteiger partial charge in [-0.2, -0.15) is 0 Å². The van der Waals surface area contributed by atoms with Gasteiger partial charge < -0.3 is 13.7 Å². The monoisotopic (exact) mass is 681 g/mol. The zero-order valence-corrected chi connectivity index (χ0v) is 28.4. The summed E-state index contributed by atoms with van der Waals surface area (Å²) >= 11 is 0. The van der Waals surface area contributed by atoms with E-state index in [-0.39, 0.29) is 35.4 Å². The molecule has 0 atom stereocenters. The van der Waals surface area contributed by atoms with E-state index in [1.807, 2.05) is 114 Å². The second-order valence-electron chi connectivity index (χ2n) is 13.4. The standard InChI is InChI=1S/C50H31NO2/c1-2-11-36-31-37(20-19-32(36)9-1)33-21-26-38(27-22-33)51(45-16-8-18-47-48(45)44-30-25-34-10-3-4-12-40(34)50(44)53-47)39-28-23-35(24-29-39)41-14-7-15-43-42-13-5-6-17-46(42)52-49(41)43/h1-31H/i23D,24D,28D,29D. The van der Waals surface area contributed by atoms with Gasteiger partial charge in [-0.25, -0.2) is 0 Å². The van der Waals surface area contributed by atoms with Crippen molar-refractivity contribution in [1.29, 1.82) is 0 Å². The number of nitrogens with zero attached hydrogens (tertiary/aromatic N) is 1. The molecule has 9 aromatic carbocycles. The smallest absolute Gasteiger partial charge is 0.143 e. The number of fused-ring (bicyclic) bond motifs is 9. The molecule has 11 rings (SSSR count). The lowest BCUT2D eigenvalue weighted by atomic mass is 10.00. The molecular weight excluding hydrogens is 647 g/mol. The van der Waals surface area contributed by atoms with Gasteiger partial charge in [0.05, 0.1) is 16.6 Å². The van der Waals surface area contributed by atoms with Crippen molar-refractivity contribution in [2.24, 2.45) is 0 Å². The molecule has 0 saturated carbocycles. The molecule has 0 aliphatic rings. The molecular formula is C50H31NO2. The Morgan fingerprint density at radius 1 is 0.396 bits per heavy atom. The minimum absolute atomic E-state index is 0.131. The van der Waals surface area contributed by atoms with E-state index in [9.17, 15) is 5.48 Å². The summed E-state index contributed by atoms with van der Waals surface area (Å²) in [6, 6.07) is 53.5. The number of hydrogen-bond donors (Lipinski definition) is 0. The van der Waals surface area contributed by atoms with Crippen molar-refractivity contribution in [3.8, 4) is 22.3 Å². The lowest BCUT2D eigenvalue weighted by molar-refractivity contribution is 0.670. The summed E-state index contributed by atoms with van der Waals surface area (Å²) in [5, 5.41) is 7.83. The third-order valence-electron chi connectivity index (χ3n) is 10.3. The Morgan fingerprint density at radius 2 is 1.06 bits per heavy atom. The zero-order valence-electron chi connectivity index (χ0n) is 32.4. The SMILES string of the molecule is [2H]c1c([2H])c(N(c2ccc(-c3ccc4ccccc4c3)cc2)c2cccc3oc4c5ccccc5ccc4c23)c([2H])c([2H])c1-c1cccc2c1oc1ccccc12. The number of anilines is 3. The Balaban J connectivity index is 1.15. The van der Waals surface area contributed by atoms with Crippen molar-refractivity contribution in [2.75, 3.05) is 4.90 Å². The highest BCUT2D eigenvalue weighted by Gasteiger charge is 2.21. The lowest BCUT2D eigenvalue weighted by Gasteiger charge is -2.26. The molecule has 0 saturated heterocycles. The van der Waals surface area contributed by atoms with E-state index in [4.69, 9.17) is 8.83 Å². The summed E-state index contributed by atoms with van der Waals surface area (Å²) in [6.45, 7) is 0. The van der Waals surface area contributed by atoms with Crippen LogP contribution in [0.1, 0.15) is 5.48 Å². The first-order valence-electron chi connectivity index (χ1n) is 19.7. The molecule has 2 aromatic heterocycles. The van der Waals surface area contributed by atoms with Gasteiger partial charge in [0.1, 0.15) is 22.3 Å². The van der Waals surface area contributed by atoms with Gasteiger partial charge in [-0.05, 0) is 87.4 Å². The Labute approximate surface area is 311 Å². The summed E-state index contributed by atoms with van der Waals surface area (Å²) < 4.78 is 51.3. The van der Waals surface area contributed by atoms with Gasteiger partial charge >= 0.3 is 0 Å². The van der Waals surface area contributed by atoms with E-state index in [2.05, 4.69) is 48.5 Å². The molecule has 0 fully saturated rings. The van der Waals surface area contributed by atoms with Gasteiger partial charge in [0.2, 0.25) is 0 Å². The predicted molar refractivity (Wildman–Crippen MR) is 222 cm³/mol. The molecule has 0 spiro atoms. The minimum Gasteiger partial charge on any atom is -0.455 e. The van der Waals surface area contributed by atoms with E-state index < -0.39 is 0 Å². The molecule has 53 heavy (non-hydrogen) atoms. The summed E-state index contributed by atoms with van der Waals surface area (Å²) in [4.78, 5) is 1.85. The highest BCUT2D eigenvalue weighted by molar-refractivity contribution is 6.19. The topological polar surface area (TPSA) is 29.5 Å². The van der Waals surface area contributed by atoms with Gasteiger partial charge in [0.25, 0.3) is 0 Å². The first-order valence-corrected chi connectivity index (χ1v) is 17.7. The van der Waals surface area contributed by atoms with Crippen LogP contribution in [0.15, 0.2) is 197 Å². The number of furan rings is 2. The Bertz CT molecular complexity index is 3390. The fourth-order valence-electron chi connectivity index (χ4n) is 7.78. The largest absolute Gasteiger partial charge is 0.455 e. The van der Waals surface area contributed by atoms with E-state index >= 15 is 0 Å². The van der Waals surface area contributed by atoms with Crippen molar-refractivity contribution in [1.82, 2.24) is 0 Å². The van der Waals surface area contributed by atoms with Crippen LogP contribution in [0.4, 0.5) is 17.1 Å². The highest BCUT2D eigenvalue weighted by atomic mass is 16.3. The van der Waals surface area contributed by atoms with Crippen LogP contribution in [-0.4, -0.2) is 0 Å². The van der Waals surface area contributed by atoms with Crippen LogP contribution in [0.3, 0.4) is 0 Å². The molecule has 3 heteroatoms. The van der Waals surface area contributed by atoms with Crippen LogP contribution in [0, 0.1) is 0 Å². The summed E-state index contributed by atoms with van der Waals surface area (Å²) in [5.41, 5.74) is 6.86. The van der Waals surface area contributed by atoms with Crippen LogP contribution < -0.4 is 4.90 Å². The third kappa shape index (κ3) is 4.75. The maximum absolute atomic E-state index is 9.68. The fourth-order valence-corrected chi connectivity index (χ4v) is 7.78. The summed E-state index contributed by atoms with van der Waals surface area (Å²) in [6.07, 6.45) is 0. The van der Waals surface area contributed by atoms with Crippen molar-refractivity contribution in [2.45, 2.75) is 0 Å². The van der Waals surface area contributed by atoms with Crippen LogP contribution in [0.2, 0.25) is 0 Å². The predicted octanol–water partition coefficient (Wildman–Crippen LogP) is 14.6. The highest BCUT2D eigenvalue weighted by Crippen LogP contribution is 2.45. The van der Waals surface area contributed by atoms with Gasteiger partial charge in [-0.3, -0.25) is 0 Å². The van der Waals surface area contributed by atoms with Gasteiger partial charge in [-0.1, -0.05) is 133 Å². The zero-order chi connectivity index (χ0) is 38.4. The van der Waals surface area contributed by atoms with Crippen molar-refractivity contribution in [3.63, 3.8) is 0 Å². The maximum atomic E-state index is 9.68. The number of para-hydroxylation sites is 2. The third-order valence-corrected chi connectivity index (χ3v) is 10.3. The minimum atomic E-state index is -0.173. The summed E-state index contributed by atoms with van der Waals surface area (Å²) in [7, 11) is 0. The van der Waals surface area contributed by atoms with Gasteiger partial charge in [0.15, 0.2) is 0 Å². The van der Waals surface area contributed by atoms with E-state index in [1.54, 1.807) is 6.07 Å². The molecule has 0 radical (unpaired) electrons. The van der Waals surface area contributed by atoms with Gasteiger partial charge in [-0.15, -0.1) is 0 Å². The quantitative estimate of drug-likeness (QED) is 0.181.